The molecule has 17 heavy (non-hydrogen) atoms. The number of ketones is 1. The average molecular weight is 231 g/mol. The van der Waals surface area contributed by atoms with Gasteiger partial charge in [-0.3, -0.25) is 4.79 Å². The Bertz CT molecular complexity index is 468. The van der Waals surface area contributed by atoms with Gasteiger partial charge in [0, 0.05) is 12.6 Å². The number of carbonyl (C=O) groups excluding carboxylic acids is 1. The van der Waals surface area contributed by atoms with Gasteiger partial charge in [0.2, 0.25) is 0 Å². The molecule has 5 heteroatoms. The van der Waals surface area contributed by atoms with Crippen molar-refractivity contribution in [3.8, 4) is 5.75 Å². The monoisotopic (exact) mass is 231 g/mol. The van der Waals surface area contributed by atoms with E-state index in [1.54, 1.807) is 25.3 Å². The summed E-state index contributed by atoms with van der Waals surface area (Å²) in [5.41, 5.74) is 0. The molecular weight excluding hydrogens is 218 g/mol. The van der Waals surface area contributed by atoms with Crippen LogP contribution in [-0.4, -0.2) is 20.8 Å². The van der Waals surface area contributed by atoms with E-state index in [1.165, 1.54) is 10.9 Å². The summed E-state index contributed by atoms with van der Waals surface area (Å²) in [6, 6.07) is 9.19. The Morgan fingerprint density at radius 3 is 2.76 bits per heavy atom. The molecule has 88 valence electrons. The Morgan fingerprint density at radius 1 is 1.41 bits per heavy atom. The zero-order chi connectivity index (χ0) is 12.1. The van der Waals surface area contributed by atoms with Gasteiger partial charge in [0.25, 0.3) is 6.23 Å². The summed E-state index contributed by atoms with van der Waals surface area (Å²) in [5, 5.41) is 7.48. The minimum Gasteiger partial charge on any atom is -0.461 e. The largest absolute Gasteiger partial charge is 0.461 e. The Balaban J connectivity index is 2.20. The van der Waals surface area contributed by atoms with E-state index < -0.39 is 6.23 Å². The molecule has 0 spiro atoms. The van der Waals surface area contributed by atoms with Crippen molar-refractivity contribution in [1.29, 1.82) is 0 Å². The second-order valence-corrected chi connectivity index (χ2v) is 3.49. The van der Waals surface area contributed by atoms with Crippen LogP contribution in [0.1, 0.15) is 19.6 Å². The molecule has 0 amide bonds. The third-order valence-electron chi connectivity index (χ3n) is 2.30. The molecule has 0 N–H and O–H groups in total. The lowest BCUT2D eigenvalue weighted by Crippen LogP contribution is -2.25. The van der Waals surface area contributed by atoms with Crippen LogP contribution in [0.3, 0.4) is 0 Å². The first kappa shape index (κ1) is 11.3. The summed E-state index contributed by atoms with van der Waals surface area (Å²) >= 11 is 0. The lowest BCUT2D eigenvalue weighted by atomic mass is 10.2. The summed E-state index contributed by atoms with van der Waals surface area (Å²) in [6.45, 7) is 1.79. The fourth-order valence-corrected chi connectivity index (χ4v) is 1.41. The highest BCUT2D eigenvalue weighted by atomic mass is 16.5. The lowest BCUT2D eigenvalue weighted by Gasteiger charge is -2.16. The molecule has 5 nitrogen and oxygen atoms in total. The normalized spacial score (nSPS) is 12.1. The number of ether oxygens (including phenoxy) is 1. The van der Waals surface area contributed by atoms with Crippen molar-refractivity contribution in [2.45, 2.75) is 19.6 Å². The quantitative estimate of drug-likeness (QED) is 0.787. The van der Waals surface area contributed by atoms with E-state index in [9.17, 15) is 4.79 Å². The molecule has 2 rings (SSSR count). The molecule has 1 atom stereocenters. The summed E-state index contributed by atoms with van der Waals surface area (Å²) in [7, 11) is 0. The third kappa shape index (κ3) is 2.69. The minimum absolute atomic E-state index is 0.0423. The van der Waals surface area contributed by atoms with Gasteiger partial charge in [-0.15, -0.1) is 5.10 Å². The van der Waals surface area contributed by atoms with Gasteiger partial charge in [0.1, 0.15) is 5.75 Å². The molecule has 0 saturated carbocycles. The Labute approximate surface area is 99.0 Å². The number of aromatic nitrogens is 3. The van der Waals surface area contributed by atoms with Gasteiger partial charge in [-0.2, -0.15) is 0 Å². The molecule has 0 aliphatic heterocycles. The maximum atomic E-state index is 11.8. The van der Waals surface area contributed by atoms with Crippen molar-refractivity contribution in [1.82, 2.24) is 15.0 Å². The Morgan fingerprint density at radius 2 is 2.18 bits per heavy atom. The molecule has 0 saturated heterocycles. The maximum absolute atomic E-state index is 11.8. The molecule has 0 aliphatic rings. The fourth-order valence-electron chi connectivity index (χ4n) is 1.41. The van der Waals surface area contributed by atoms with E-state index >= 15 is 0 Å². The predicted octanol–water partition coefficient (Wildman–Crippen LogP) is 1.83. The van der Waals surface area contributed by atoms with Crippen LogP contribution in [0.4, 0.5) is 0 Å². The first-order valence-electron chi connectivity index (χ1n) is 5.41. The molecule has 0 aliphatic carbocycles. The Hall–Kier alpha value is -2.17. The summed E-state index contributed by atoms with van der Waals surface area (Å²) < 4.78 is 7.04. The molecule has 1 unspecified atom stereocenters. The molecule has 0 radical (unpaired) electrons. The zero-order valence-corrected chi connectivity index (χ0v) is 9.48. The number of Topliss-reactive ketones (excluding diaryl/α,β-unsaturated/α-hetero) is 1. The van der Waals surface area contributed by atoms with Gasteiger partial charge in [-0.05, 0) is 12.1 Å². The number of para-hydroxylation sites is 1. The van der Waals surface area contributed by atoms with E-state index in [4.69, 9.17) is 4.74 Å². The minimum atomic E-state index is -0.745. The zero-order valence-electron chi connectivity index (χ0n) is 9.48. The van der Waals surface area contributed by atoms with Gasteiger partial charge in [-0.25, -0.2) is 4.68 Å². The van der Waals surface area contributed by atoms with Crippen molar-refractivity contribution in [3.05, 3.63) is 42.7 Å². The van der Waals surface area contributed by atoms with Crippen LogP contribution in [-0.2, 0) is 4.79 Å². The van der Waals surface area contributed by atoms with Crippen molar-refractivity contribution in [3.63, 3.8) is 0 Å². The van der Waals surface area contributed by atoms with Crippen molar-refractivity contribution < 1.29 is 9.53 Å². The SMILES string of the molecule is CCC(=O)C(Oc1ccccc1)n1ccnn1. The van der Waals surface area contributed by atoms with Crippen LogP contribution in [0.25, 0.3) is 0 Å². The second kappa shape index (κ2) is 5.25. The van der Waals surface area contributed by atoms with Crippen molar-refractivity contribution >= 4 is 5.78 Å². The summed E-state index contributed by atoms with van der Waals surface area (Å²) in [5.74, 6) is 0.592. The highest BCUT2D eigenvalue weighted by Gasteiger charge is 2.21. The lowest BCUT2D eigenvalue weighted by molar-refractivity contribution is -0.130. The highest BCUT2D eigenvalue weighted by molar-refractivity contribution is 5.81. The van der Waals surface area contributed by atoms with Crippen LogP contribution >= 0.6 is 0 Å². The van der Waals surface area contributed by atoms with E-state index in [-0.39, 0.29) is 5.78 Å². The van der Waals surface area contributed by atoms with Gasteiger partial charge in [0.05, 0.1) is 6.20 Å². The fraction of sp³-hybridized carbons (Fsp3) is 0.250. The molecule has 1 aromatic carbocycles. The first-order chi connectivity index (χ1) is 8.31. The molecule has 0 fully saturated rings. The maximum Gasteiger partial charge on any atom is 0.251 e. The van der Waals surface area contributed by atoms with Crippen LogP contribution in [0.15, 0.2) is 42.7 Å². The molecule has 0 bridgehead atoms. The van der Waals surface area contributed by atoms with E-state index in [0.717, 1.165) is 0 Å². The average Bonchev–Trinajstić information content (AvgIpc) is 2.90. The smallest absolute Gasteiger partial charge is 0.251 e. The van der Waals surface area contributed by atoms with Crippen LogP contribution in [0, 0.1) is 0 Å². The Kier molecular flexibility index (Phi) is 3.49. The van der Waals surface area contributed by atoms with Gasteiger partial charge >= 0.3 is 0 Å². The number of nitrogens with zero attached hydrogens (tertiary/aromatic N) is 3. The van der Waals surface area contributed by atoms with Crippen LogP contribution in [0.2, 0.25) is 0 Å². The van der Waals surface area contributed by atoms with Crippen LogP contribution in [0.5, 0.6) is 5.75 Å². The van der Waals surface area contributed by atoms with Crippen LogP contribution < -0.4 is 4.74 Å². The topological polar surface area (TPSA) is 57.0 Å². The van der Waals surface area contributed by atoms with Crippen molar-refractivity contribution in [2.24, 2.45) is 0 Å². The number of rotatable bonds is 5. The molecule has 1 heterocycles. The van der Waals surface area contributed by atoms with Crippen molar-refractivity contribution in [2.75, 3.05) is 0 Å². The first-order valence-corrected chi connectivity index (χ1v) is 5.41. The number of hydrogen-bond acceptors (Lipinski definition) is 4. The molecule has 2 aromatic rings. The molecule has 1 aromatic heterocycles. The summed E-state index contributed by atoms with van der Waals surface area (Å²) in [6.07, 6.45) is 2.77. The van der Waals surface area contributed by atoms with Gasteiger partial charge in [-0.1, -0.05) is 30.3 Å². The van der Waals surface area contributed by atoms with E-state index in [2.05, 4.69) is 10.3 Å². The second-order valence-electron chi connectivity index (χ2n) is 3.49. The summed E-state index contributed by atoms with van der Waals surface area (Å²) in [4.78, 5) is 11.8. The number of carbonyl (C=O) groups is 1. The highest BCUT2D eigenvalue weighted by Crippen LogP contribution is 2.17. The third-order valence-corrected chi connectivity index (χ3v) is 2.30. The number of benzene rings is 1. The predicted molar refractivity (Wildman–Crippen MR) is 61.4 cm³/mol. The molecular formula is C12H13N3O2. The van der Waals surface area contributed by atoms with E-state index in [1.807, 2.05) is 18.2 Å². The number of hydrogen-bond donors (Lipinski definition) is 0. The van der Waals surface area contributed by atoms with Gasteiger partial charge in [0.15, 0.2) is 5.78 Å². The van der Waals surface area contributed by atoms with E-state index in [0.29, 0.717) is 12.2 Å². The van der Waals surface area contributed by atoms with Gasteiger partial charge < -0.3 is 4.74 Å². The standard InChI is InChI=1S/C12H13N3O2/c1-2-11(16)12(15-9-8-13-14-15)17-10-6-4-3-5-7-10/h3-9,12H,2H2,1H3.